The van der Waals surface area contributed by atoms with E-state index in [1.165, 1.54) is 18.6 Å². The third kappa shape index (κ3) is 11.4. The zero-order valence-electron chi connectivity index (χ0n) is 29.3. The monoisotopic (exact) mass is 698 g/mol. The summed E-state index contributed by atoms with van der Waals surface area (Å²) in [6.45, 7) is 11.8. The summed E-state index contributed by atoms with van der Waals surface area (Å²) < 4.78 is 50.6. The Kier molecular flexibility index (Phi) is 14.5. The molecule has 14 nitrogen and oxygen atoms in total. The molecule has 1 fully saturated rings. The van der Waals surface area contributed by atoms with Crippen molar-refractivity contribution >= 4 is 34.8 Å². The minimum Gasteiger partial charge on any atom is -0.489 e. The first-order valence-corrected chi connectivity index (χ1v) is 15.8. The van der Waals surface area contributed by atoms with Crippen molar-refractivity contribution in [3.05, 3.63) is 51.9 Å². The molecule has 270 valence electrons. The van der Waals surface area contributed by atoms with Gasteiger partial charge in [-0.05, 0) is 51.8 Å². The molecule has 3 rings (SSSR count). The van der Waals surface area contributed by atoms with Crippen LogP contribution in [0, 0.1) is 12.0 Å². The molecule has 1 saturated heterocycles. The van der Waals surface area contributed by atoms with Crippen LogP contribution in [0.15, 0.2) is 50.7 Å². The smallest absolute Gasteiger partial charge is 0.384 e. The molecule has 0 spiro atoms. The number of fused-ring (bicyclic) bond motifs is 1. The quantitative estimate of drug-likeness (QED) is 0.0875. The van der Waals surface area contributed by atoms with Gasteiger partial charge in [-0.1, -0.05) is 23.1 Å². The third-order valence-corrected chi connectivity index (χ3v) is 7.00. The zero-order valence-corrected chi connectivity index (χ0v) is 29.3. The molecule has 1 aliphatic heterocycles. The van der Waals surface area contributed by atoms with E-state index in [0.717, 1.165) is 46.1 Å². The van der Waals surface area contributed by atoms with E-state index in [0.29, 0.717) is 5.75 Å². The summed E-state index contributed by atoms with van der Waals surface area (Å²) in [6.07, 6.45) is 0.794. The summed E-state index contributed by atoms with van der Waals surface area (Å²) in [7, 11) is 0. The van der Waals surface area contributed by atoms with Crippen LogP contribution in [0.25, 0.3) is 11.0 Å². The second-order valence-corrected chi connectivity index (χ2v) is 11.5. The van der Waals surface area contributed by atoms with E-state index in [9.17, 15) is 24.0 Å². The lowest BCUT2D eigenvalue weighted by Gasteiger charge is -2.43. The summed E-state index contributed by atoms with van der Waals surface area (Å²) in [5.74, 6) is -0.950. The number of rotatable bonds is 14. The first-order valence-electron chi connectivity index (χ1n) is 15.8. The standard InChI is InChI=1S/C36H42O14/c1-9-16-43-33-30(27-14-13-26(18-28(27)48-35(33)41)42-17-15-21(4)12-10-11-20(2)3)50-36-34(47-25(8)40)32(46-24(7)39)31(45-23(6)38)29(49-36)19-44-22(5)37/h11,13-15,18,29,31-32,34,36H,10,12,17,19H2,1-8H3/b21-15+/t29-,31-,32+,34-,36+/m1/s1. The van der Waals surface area contributed by atoms with E-state index in [4.69, 9.17) is 42.3 Å². The number of carbonyl (C=O) groups excluding carboxylic acids is 4. The Morgan fingerprint density at radius 1 is 0.840 bits per heavy atom. The largest absolute Gasteiger partial charge is 0.489 e. The molecule has 50 heavy (non-hydrogen) atoms. The van der Waals surface area contributed by atoms with Crippen LogP contribution in [0.3, 0.4) is 0 Å². The van der Waals surface area contributed by atoms with Gasteiger partial charge in [-0.25, -0.2) is 4.79 Å². The topological polar surface area (TPSA) is 172 Å². The molecule has 2 heterocycles. The molecule has 0 bridgehead atoms. The predicted octanol–water partition coefficient (Wildman–Crippen LogP) is 4.69. The SMILES string of the molecule is CC#COc1c(O[C@@H]2O[C@H](COC(C)=O)[C@@H](OC(C)=O)[C@H](OC(C)=O)[C@H]2OC(C)=O)c2ccc(OC/C=C(\C)CCC=C(C)C)cc2oc1=O. The molecule has 2 aromatic rings. The van der Waals surface area contributed by atoms with Gasteiger partial charge in [0.05, 0.1) is 5.39 Å². The Labute approximate surface area is 289 Å². The first-order chi connectivity index (χ1) is 23.7. The Hall–Kier alpha value is -5.29. The molecular weight excluding hydrogens is 656 g/mol. The second-order valence-electron chi connectivity index (χ2n) is 11.5. The molecule has 1 aromatic heterocycles. The summed E-state index contributed by atoms with van der Waals surface area (Å²) in [5, 5.41) is 0.200. The van der Waals surface area contributed by atoms with Crippen LogP contribution >= 0.6 is 0 Å². The number of hydrogen-bond acceptors (Lipinski definition) is 14. The van der Waals surface area contributed by atoms with E-state index in [-0.39, 0.29) is 23.3 Å². The fraction of sp³-hybridized carbons (Fsp3) is 0.472. The Morgan fingerprint density at radius 2 is 1.50 bits per heavy atom. The van der Waals surface area contributed by atoms with Gasteiger partial charge in [0.25, 0.3) is 5.75 Å². The summed E-state index contributed by atoms with van der Waals surface area (Å²) in [6, 6.07) is 4.65. The van der Waals surface area contributed by atoms with Crippen LogP contribution in [0.4, 0.5) is 0 Å². The highest BCUT2D eigenvalue weighted by atomic mass is 16.7. The number of ether oxygens (including phenoxy) is 8. The highest BCUT2D eigenvalue weighted by Gasteiger charge is 2.53. The molecule has 0 radical (unpaired) electrons. The average molecular weight is 699 g/mol. The van der Waals surface area contributed by atoms with Gasteiger partial charge in [0.1, 0.15) is 36.8 Å². The van der Waals surface area contributed by atoms with Gasteiger partial charge in [0, 0.05) is 40.7 Å². The average Bonchev–Trinajstić information content (AvgIpc) is 3.01. The first kappa shape index (κ1) is 39.2. The molecule has 1 aliphatic rings. The maximum absolute atomic E-state index is 13.2. The highest BCUT2D eigenvalue weighted by Crippen LogP contribution is 2.38. The van der Waals surface area contributed by atoms with Gasteiger partial charge in [-0.2, -0.15) is 0 Å². The highest BCUT2D eigenvalue weighted by molar-refractivity contribution is 5.87. The van der Waals surface area contributed by atoms with E-state index in [1.807, 2.05) is 26.8 Å². The van der Waals surface area contributed by atoms with Gasteiger partial charge in [0.2, 0.25) is 12.4 Å². The van der Waals surface area contributed by atoms with E-state index in [1.54, 1.807) is 12.1 Å². The van der Waals surface area contributed by atoms with Gasteiger partial charge in [-0.3, -0.25) is 19.2 Å². The lowest BCUT2D eigenvalue weighted by molar-refractivity contribution is -0.288. The summed E-state index contributed by atoms with van der Waals surface area (Å²) >= 11 is 0. The Bertz CT molecular complexity index is 1740. The van der Waals surface area contributed by atoms with Crippen molar-refractivity contribution in [1.29, 1.82) is 0 Å². The molecule has 0 unspecified atom stereocenters. The molecule has 0 amide bonds. The van der Waals surface area contributed by atoms with Crippen LogP contribution in [0.2, 0.25) is 0 Å². The Morgan fingerprint density at radius 3 is 2.12 bits per heavy atom. The number of esters is 4. The maximum Gasteiger partial charge on any atom is 0.384 e. The lowest BCUT2D eigenvalue weighted by atomic mass is 9.98. The molecule has 1 aromatic carbocycles. The van der Waals surface area contributed by atoms with Crippen LogP contribution in [0.1, 0.15) is 68.2 Å². The minimum absolute atomic E-state index is 0.0363. The van der Waals surface area contributed by atoms with Crippen LogP contribution in [-0.4, -0.2) is 67.8 Å². The molecule has 0 aliphatic carbocycles. The van der Waals surface area contributed by atoms with Crippen molar-refractivity contribution in [2.45, 2.75) is 98.9 Å². The molecular formula is C36H42O14. The summed E-state index contributed by atoms with van der Waals surface area (Å²) in [4.78, 5) is 61.6. The second kappa shape index (κ2) is 18.5. The van der Waals surface area contributed by atoms with Crippen molar-refractivity contribution in [3.63, 3.8) is 0 Å². The number of benzene rings is 1. The third-order valence-electron chi connectivity index (χ3n) is 7.00. The van der Waals surface area contributed by atoms with E-state index in [2.05, 4.69) is 18.1 Å². The molecule has 0 saturated carbocycles. The van der Waals surface area contributed by atoms with Crippen LogP contribution in [0.5, 0.6) is 17.2 Å². The van der Waals surface area contributed by atoms with Crippen LogP contribution < -0.4 is 19.8 Å². The molecule has 5 atom stereocenters. The van der Waals surface area contributed by atoms with Gasteiger partial charge in [-0.15, -0.1) is 0 Å². The van der Waals surface area contributed by atoms with Crippen molar-refractivity contribution < 1.29 is 61.5 Å². The minimum atomic E-state index is -1.66. The number of carbonyl (C=O) groups is 4. The van der Waals surface area contributed by atoms with Crippen LogP contribution in [-0.2, 0) is 42.9 Å². The normalized spacial score (nSPS) is 20.0. The van der Waals surface area contributed by atoms with Crippen molar-refractivity contribution in [2.75, 3.05) is 13.2 Å². The lowest BCUT2D eigenvalue weighted by Crippen LogP contribution is -2.63. The van der Waals surface area contributed by atoms with Crippen molar-refractivity contribution in [2.24, 2.45) is 0 Å². The van der Waals surface area contributed by atoms with E-state index >= 15 is 0 Å². The predicted molar refractivity (Wildman–Crippen MR) is 177 cm³/mol. The fourth-order valence-electron chi connectivity index (χ4n) is 4.90. The molecule has 0 N–H and O–H groups in total. The van der Waals surface area contributed by atoms with E-state index < -0.39 is 72.6 Å². The summed E-state index contributed by atoms with van der Waals surface area (Å²) in [5.41, 5.74) is 1.45. The van der Waals surface area contributed by atoms with Gasteiger partial charge in [0.15, 0.2) is 18.0 Å². The maximum atomic E-state index is 13.2. The number of hydrogen-bond donors (Lipinski definition) is 0. The van der Waals surface area contributed by atoms with Gasteiger partial charge >= 0.3 is 29.5 Å². The number of allylic oxidation sites excluding steroid dienone is 3. The Balaban J connectivity index is 2.09. The molecule has 14 heteroatoms. The van der Waals surface area contributed by atoms with Gasteiger partial charge < -0.3 is 42.3 Å². The van der Waals surface area contributed by atoms with Crippen molar-refractivity contribution in [3.8, 4) is 29.3 Å². The van der Waals surface area contributed by atoms with Crippen molar-refractivity contribution in [1.82, 2.24) is 0 Å². The zero-order chi connectivity index (χ0) is 37.0. The fourth-order valence-corrected chi connectivity index (χ4v) is 4.90.